The van der Waals surface area contributed by atoms with Crippen LogP contribution in [-0.2, 0) is 13.1 Å². The zero-order chi connectivity index (χ0) is 15.4. The molecule has 2 aromatic rings. The van der Waals surface area contributed by atoms with Crippen LogP contribution < -0.4 is 10.2 Å². The van der Waals surface area contributed by atoms with E-state index in [1.54, 1.807) is 6.07 Å². The second-order valence-electron chi connectivity index (χ2n) is 5.38. The van der Waals surface area contributed by atoms with Gasteiger partial charge in [0.2, 0.25) is 0 Å². The zero-order valence-corrected chi connectivity index (χ0v) is 14.1. The van der Waals surface area contributed by atoms with Crippen molar-refractivity contribution in [3.05, 3.63) is 50.9 Å². The Labute approximate surface area is 134 Å². The van der Waals surface area contributed by atoms with Crippen LogP contribution in [0.3, 0.4) is 0 Å². The summed E-state index contributed by atoms with van der Waals surface area (Å²) in [6, 6.07) is 9.63. The minimum atomic E-state index is -0.191. The molecule has 1 aromatic carbocycles. The molecular weight excluding hydrogens is 307 g/mol. The normalized spacial score (nSPS) is 11.1. The minimum Gasteiger partial charge on any atom is -0.367 e. The van der Waals surface area contributed by atoms with Gasteiger partial charge < -0.3 is 10.2 Å². The molecule has 0 spiro atoms. The largest absolute Gasteiger partial charge is 0.367 e. The Morgan fingerprint density at radius 2 is 2.05 bits per heavy atom. The number of halogens is 2. The van der Waals surface area contributed by atoms with E-state index in [0.717, 1.165) is 14.8 Å². The van der Waals surface area contributed by atoms with E-state index in [4.69, 9.17) is 11.6 Å². The van der Waals surface area contributed by atoms with E-state index >= 15 is 0 Å². The smallest absolute Gasteiger partial charge is 0.146 e. The first kappa shape index (κ1) is 16.3. The molecule has 0 aliphatic carbocycles. The predicted octanol–water partition coefficient (Wildman–Crippen LogP) is 4.68. The van der Waals surface area contributed by atoms with Gasteiger partial charge in [-0.15, -0.1) is 11.3 Å². The molecule has 0 unspecified atom stereocenters. The third kappa shape index (κ3) is 4.70. The van der Waals surface area contributed by atoms with Crippen LogP contribution in [0.25, 0.3) is 0 Å². The van der Waals surface area contributed by atoms with Gasteiger partial charge in [0.25, 0.3) is 0 Å². The summed E-state index contributed by atoms with van der Waals surface area (Å²) in [7, 11) is 1.89. The average Bonchev–Trinajstić information content (AvgIpc) is 2.81. The maximum atomic E-state index is 14.2. The van der Waals surface area contributed by atoms with Crippen LogP contribution in [0.2, 0.25) is 4.34 Å². The van der Waals surface area contributed by atoms with E-state index in [9.17, 15) is 4.39 Å². The van der Waals surface area contributed by atoms with Crippen LogP contribution in [0.4, 0.5) is 10.1 Å². The fraction of sp³-hybridized carbons (Fsp3) is 0.375. The van der Waals surface area contributed by atoms with Crippen molar-refractivity contribution in [3.8, 4) is 0 Å². The Balaban J connectivity index is 2.05. The number of nitrogens with one attached hydrogen (secondary N) is 1. The number of thiophene rings is 1. The maximum Gasteiger partial charge on any atom is 0.146 e. The van der Waals surface area contributed by atoms with Gasteiger partial charge in [0.05, 0.1) is 16.6 Å². The molecule has 0 amide bonds. The van der Waals surface area contributed by atoms with Gasteiger partial charge in [-0.2, -0.15) is 0 Å². The van der Waals surface area contributed by atoms with Crippen molar-refractivity contribution in [1.29, 1.82) is 0 Å². The number of rotatable bonds is 6. The third-order valence-corrected chi connectivity index (χ3v) is 4.38. The summed E-state index contributed by atoms with van der Waals surface area (Å²) in [5, 5.41) is 3.29. The molecule has 1 N–H and O–H groups in total. The van der Waals surface area contributed by atoms with Crippen LogP contribution >= 0.6 is 22.9 Å². The predicted molar refractivity (Wildman–Crippen MR) is 89.8 cm³/mol. The molecule has 21 heavy (non-hydrogen) atoms. The average molecular weight is 327 g/mol. The molecule has 0 aliphatic heterocycles. The highest BCUT2D eigenvalue weighted by molar-refractivity contribution is 7.16. The Morgan fingerprint density at radius 1 is 1.29 bits per heavy atom. The lowest BCUT2D eigenvalue weighted by molar-refractivity contribution is 0.581. The SMILES string of the molecule is CC(C)NCc1ccc(N(C)Cc2ccc(Cl)s2)c(F)c1. The van der Waals surface area contributed by atoms with E-state index in [0.29, 0.717) is 24.8 Å². The number of nitrogens with zero attached hydrogens (tertiary/aromatic N) is 1. The quantitative estimate of drug-likeness (QED) is 0.829. The summed E-state index contributed by atoms with van der Waals surface area (Å²) in [4.78, 5) is 3.02. The molecule has 0 aliphatic rings. The Hall–Kier alpha value is -1.10. The van der Waals surface area contributed by atoms with Crippen LogP contribution in [-0.4, -0.2) is 13.1 Å². The highest BCUT2D eigenvalue weighted by Gasteiger charge is 2.10. The van der Waals surface area contributed by atoms with Gasteiger partial charge in [-0.1, -0.05) is 31.5 Å². The first-order chi connectivity index (χ1) is 9.95. The van der Waals surface area contributed by atoms with Crippen molar-refractivity contribution in [2.45, 2.75) is 33.0 Å². The summed E-state index contributed by atoms with van der Waals surface area (Å²) in [5.74, 6) is -0.191. The molecule has 1 heterocycles. The molecule has 0 radical (unpaired) electrons. The number of hydrogen-bond donors (Lipinski definition) is 1. The highest BCUT2D eigenvalue weighted by atomic mass is 35.5. The Bertz CT molecular complexity index is 598. The standard InChI is InChI=1S/C16H20ClFN2S/c1-11(2)19-9-12-4-6-15(14(18)8-12)20(3)10-13-5-7-16(17)21-13/h4-8,11,19H,9-10H2,1-3H3. The number of hydrogen-bond acceptors (Lipinski definition) is 3. The van der Waals surface area contributed by atoms with Crippen LogP contribution in [0.15, 0.2) is 30.3 Å². The van der Waals surface area contributed by atoms with Gasteiger partial charge in [0.15, 0.2) is 0 Å². The van der Waals surface area contributed by atoms with Gasteiger partial charge in [-0.05, 0) is 29.8 Å². The molecule has 0 bridgehead atoms. The molecule has 0 fully saturated rings. The Kier molecular flexibility index (Phi) is 5.62. The van der Waals surface area contributed by atoms with Gasteiger partial charge >= 0.3 is 0 Å². The molecule has 5 heteroatoms. The third-order valence-electron chi connectivity index (χ3n) is 3.16. The fourth-order valence-electron chi connectivity index (χ4n) is 2.05. The lowest BCUT2D eigenvalue weighted by Crippen LogP contribution is -2.22. The van der Waals surface area contributed by atoms with E-state index in [-0.39, 0.29) is 5.82 Å². The van der Waals surface area contributed by atoms with E-state index in [1.165, 1.54) is 11.3 Å². The second-order valence-corrected chi connectivity index (χ2v) is 7.18. The fourth-order valence-corrected chi connectivity index (χ4v) is 3.19. The maximum absolute atomic E-state index is 14.2. The summed E-state index contributed by atoms with van der Waals surface area (Å²) >= 11 is 7.44. The molecule has 114 valence electrons. The minimum absolute atomic E-state index is 0.191. The van der Waals surface area contributed by atoms with Crippen LogP contribution in [0.1, 0.15) is 24.3 Å². The lowest BCUT2D eigenvalue weighted by Gasteiger charge is -2.20. The first-order valence-corrected chi connectivity index (χ1v) is 8.12. The molecule has 0 saturated carbocycles. The number of anilines is 1. The monoisotopic (exact) mass is 326 g/mol. The van der Waals surface area contributed by atoms with Crippen molar-refractivity contribution in [2.24, 2.45) is 0 Å². The van der Waals surface area contributed by atoms with Gasteiger partial charge in [0, 0.05) is 24.5 Å². The number of benzene rings is 1. The zero-order valence-electron chi connectivity index (χ0n) is 12.5. The molecule has 2 nitrogen and oxygen atoms in total. The van der Waals surface area contributed by atoms with E-state index in [1.807, 2.05) is 36.2 Å². The van der Waals surface area contributed by atoms with Crippen molar-refractivity contribution in [1.82, 2.24) is 5.32 Å². The first-order valence-electron chi connectivity index (χ1n) is 6.93. The molecular formula is C16H20ClFN2S. The van der Waals surface area contributed by atoms with Crippen molar-refractivity contribution < 1.29 is 4.39 Å². The summed E-state index contributed by atoms with van der Waals surface area (Å²) < 4.78 is 15.0. The van der Waals surface area contributed by atoms with Crippen LogP contribution in [0.5, 0.6) is 0 Å². The lowest BCUT2D eigenvalue weighted by atomic mass is 10.1. The molecule has 0 saturated heterocycles. The second kappa shape index (κ2) is 7.25. The van der Waals surface area contributed by atoms with Crippen molar-refractivity contribution in [3.63, 3.8) is 0 Å². The van der Waals surface area contributed by atoms with Gasteiger partial charge in [-0.3, -0.25) is 0 Å². The van der Waals surface area contributed by atoms with Crippen LogP contribution in [0, 0.1) is 5.82 Å². The molecule has 1 aromatic heterocycles. The molecule has 0 atom stereocenters. The van der Waals surface area contributed by atoms with Crippen molar-refractivity contribution in [2.75, 3.05) is 11.9 Å². The van der Waals surface area contributed by atoms with Gasteiger partial charge in [0.1, 0.15) is 5.82 Å². The van der Waals surface area contributed by atoms with E-state index in [2.05, 4.69) is 19.2 Å². The Morgan fingerprint density at radius 3 is 2.62 bits per heavy atom. The highest BCUT2D eigenvalue weighted by Crippen LogP contribution is 2.26. The summed E-state index contributed by atoms with van der Waals surface area (Å²) in [6.07, 6.45) is 0. The van der Waals surface area contributed by atoms with Gasteiger partial charge in [-0.25, -0.2) is 4.39 Å². The summed E-state index contributed by atoms with van der Waals surface area (Å²) in [5.41, 5.74) is 1.56. The van der Waals surface area contributed by atoms with E-state index < -0.39 is 0 Å². The summed E-state index contributed by atoms with van der Waals surface area (Å²) in [6.45, 7) is 5.48. The molecule has 2 rings (SSSR count). The van der Waals surface area contributed by atoms with Crippen molar-refractivity contribution >= 4 is 28.6 Å². The topological polar surface area (TPSA) is 15.3 Å².